The van der Waals surface area contributed by atoms with Crippen LogP contribution in [0.5, 0.6) is 0 Å². The number of carbonyl (C=O) groups excluding carboxylic acids is 1. The van der Waals surface area contributed by atoms with Crippen LogP contribution in [0.3, 0.4) is 0 Å². The highest BCUT2D eigenvalue weighted by Gasteiger charge is 2.03. The third-order valence-electron chi connectivity index (χ3n) is 1.69. The molecule has 0 N–H and O–H groups in total. The Hall–Kier alpha value is -0.330. The molecule has 12 heavy (non-hydrogen) atoms. The minimum Gasteiger partial charge on any atom is -0.300 e. The molecule has 0 saturated carbocycles. The van der Waals surface area contributed by atoms with Crippen molar-refractivity contribution in [3.63, 3.8) is 0 Å². The summed E-state index contributed by atoms with van der Waals surface area (Å²) >= 11 is 0. The summed E-state index contributed by atoms with van der Waals surface area (Å²) in [6.07, 6.45) is 4.47. The van der Waals surface area contributed by atoms with Gasteiger partial charge in [0.25, 0.3) is 0 Å². The maximum absolute atomic E-state index is 10.6. The Bertz CT molecular complexity index is 97.2. The smallest absolute Gasteiger partial charge is 0.130 e. The molecule has 0 fully saturated rings. The predicted octanol–water partition coefficient (Wildman–Crippen LogP) is 3.82. The van der Waals surface area contributed by atoms with Gasteiger partial charge in [0.05, 0.1) is 0 Å². The number of hydrogen-bond acceptors (Lipinski definition) is 1. The fraction of sp³-hybridized carbons (Fsp3) is 0.909. The lowest BCUT2D eigenvalue weighted by Crippen LogP contribution is -2.00. The van der Waals surface area contributed by atoms with E-state index in [0.29, 0.717) is 11.7 Å². The van der Waals surface area contributed by atoms with Gasteiger partial charge in [-0.05, 0) is 12.8 Å². The highest BCUT2D eigenvalue weighted by atomic mass is 16.1. The van der Waals surface area contributed by atoms with Crippen molar-refractivity contribution >= 4 is 5.78 Å². The average molecular weight is 172 g/mol. The maximum atomic E-state index is 10.6. The molecule has 1 unspecified atom stereocenters. The first kappa shape index (κ1) is 14.2. The zero-order valence-electron chi connectivity index (χ0n) is 9.31. The highest BCUT2D eigenvalue weighted by molar-refractivity contribution is 5.75. The van der Waals surface area contributed by atoms with E-state index in [1.165, 1.54) is 19.3 Å². The van der Waals surface area contributed by atoms with Gasteiger partial charge in [-0.1, -0.05) is 47.0 Å². The Morgan fingerprint density at radius 3 is 2.17 bits per heavy atom. The van der Waals surface area contributed by atoms with Crippen molar-refractivity contribution in [3.05, 3.63) is 0 Å². The van der Waals surface area contributed by atoms with E-state index in [4.69, 9.17) is 0 Å². The standard InChI is InChI=1S/C9H18O.C2H6/c1-4-5-6-8(2)7-9(3)10;1-2/h8H,4-7H2,1-3H3;1-2H3. The first-order valence-electron chi connectivity index (χ1n) is 5.16. The molecule has 74 valence electrons. The van der Waals surface area contributed by atoms with Gasteiger partial charge in [-0.25, -0.2) is 0 Å². The summed E-state index contributed by atoms with van der Waals surface area (Å²) in [7, 11) is 0. The predicted molar refractivity (Wildman–Crippen MR) is 55.3 cm³/mol. The van der Waals surface area contributed by atoms with E-state index < -0.39 is 0 Å². The minimum absolute atomic E-state index is 0.323. The maximum Gasteiger partial charge on any atom is 0.130 e. The second-order valence-corrected chi connectivity index (χ2v) is 3.15. The van der Waals surface area contributed by atoms with Crippen molar-refractivity contribution in [2.24, 2.45) is 5.92 Å². The number of rotatable bonds is 5. The van der Waals surface area contributed by atoms with E-state index in [-0.39, 0.29) is 0 Å². The summed E-state index contributed by atoms with van der Waals surface area (Å²) < 4.78 is 0. The number of Topliss-reactive ketones (excluding diaryl/α,β-unsaturated/α-hetero) is 1. The Kier molecular flexibility index (Phi) is 12.6. The minimum atomic E-state index is 0.323. The Morgan fingerprint density at radius 1 is 1.33 bits per heavy atom. The second-order valence-electron chi connectivity index (χ2n) is 3.15. The number of unbranched alkanes of at least 4 members (excludes halogenated alkanes) is 1. The molecule has 0 aliphatic heterocycles. The van der Waals surface area contributed by atoms with Crippen LogP contribution >= 0.6 is 0 Å². The Balaban J connectivity index is 0. The van der Waals surface area contributed by atoms with Crippen molar-refractivity contribution in [3.8, 4) is 0 Å². The van der Waals surface area contributed by atoms with Crippen LogP contribution < -0.4 is 0 Å². The van der Waals surface area contributed by atoms with Crippen LogP contribution in [-0.4, -0.2) is 5.78 Å². The summed E-state index contributed by atoms with van der Waals surface area (Å²) in [4.78, 5) is 10.6. The largest absolute Gasteiger partial charge is 0.300 e. The van der Waals surface area contributed by atoms with Crippen LogP contribution in [0.2, 0.25) is 0 Å². The molecule has 1 heteroatoms. The third kappa shape index (κ3) is 12.4. The van der Waals surface area contributed by atoms with Gasteiger partial charge in [0.1, 0.15) is 5.78 Å². The van der Waals surface area contributed by atoms with E-state index in [1.54, 1.807) is 6.92 Å². The van der Waals surface area contributed by atoms with Gasteiger partial charge in [-0.2, -0.15) is 0 Å². The quantitative estimate of drug-likeness (QED) is 0.616. The molecule has 0 aromatic carbocycles. The molecule has 0 bridgehead atoms. The molecule has 0 rings (SSSR count). The summed E-state index contributed by atoms with van der Waals surface area (Å²) in [6, 6.07) is 0. The van der Waals surface area contributed by atoms with Gasteiger partial charge in [-0.3, -0.25) is 0 Å². The fourth-order valence-corrected chi connectivity index (χ4v) is 1.15. The zero-order chi connectivity index (χ0) is 9.98. The van der Waals surface area contributed by atoms with Crippen molar-refractivity contribution in [1.29, 1.82) is 0 Å². The van der Waals surface area contributed by atoms with Gasteiger partial charge in [0, 0.05) is 6.42 Å². The lowest BCUT2D eigenvalue weighted by atomic mass is 9.99. The number of carbonyl (C=O) groups is 1. The van der Waals surface area contributed by atoms with Crippen molar-refractivity contribution in [2.45, 2.75) is 60.3 Å². The van der Waals surface area contributed by atoms with Gasteiger partial charge < -0.3 is 4.79 Å². The van der Waals surface area contributed by atoms with Crippen LogP contribution in [0.4, 0.5) is 0 Å². The summed E-state index contributed by atoms with van der Waals surface area (Å²) in [6.45, 7) is 10.00. The molecule has 0 radical (unpaired) electrons. The molecule has 0 amide bonds. The van der Waals surface area contributed by atoms with Gasteiger partial charge in [0.2, 0.25) is 0 Å². The molecule has 0 saturated heterocycles. The van der Waals surface area contributed by atoms with E-state index in [0.717, 1.165) is 6.42 Å². The van der Waals surface area contributed by atoms with Crippen LogP contribution in [0.1, 0.15) is 60.3 Å². The first-order valence-corrected chi connectivity index (χ1v) is 5.16. The van der Waals surface area contributed by atoms with E-state index in [1.807, 2.05) is 13.8 Å². The zero-order valence-corrected chi connectivity index (χ0v) is 9.31. The van der Waals surface area contributed by atoms with E-state index >= 15 is 0 Å². The molecular formula is C11H24O. The Labute approximate surface area is 77.6 Å². The van der Waals surface area contributed by atoms with Crippen molar-refractivity contribution in [1.82, 2.24) is 0 Å². The van der Waals surface area contributed by atoms with Crippen LogP contribution in [0, 0.1) is 5.92 Å². The van der Waals surface area contributed by atoms with E-state index in [9.17, 15) is 4.79 Å². The molecule has 1 nitrogen and oxygen atoms in total. The number of ketones is 1. The lowest BCUT2D eigenvalue weighted by molar-refractivity contribution is -0.117. The van der Waals surface area contributed by atoms with E-state index in [2.05, 4.69) is 13.8 Å². The third-order valence-corrected chi connectivity index (χ3v) is 1.69. The molecule has 0 aromatic rings. The summed E-state index contributed by atoms with van der Waals surface area (Å²) in [5, 5.41) is 0. The topological polar surface area (TPSA) is 17.1 Å². The highest BCUT2D eigenvalue weighted by Crippen LogP contribution is 2.11. The lowest BCUT2D eigenvalue weighted by Gasteiger charge is -2.06. The van der Waals surface area contributed by atoms with Crippen LogP contribution in [-0.2, 0) is 4.79 Å². The normalized spacial score (nSPS) is 11.4. The van der Waals surface area contributed by atoms with Crippen LogP contribution in [0.15, 0.2) is 0 Å². The van der Waals surface area contributed by atoms with Gasteiger partial charge >= 0.3 is 0 Å². The monoisotopic (exact) mass is 172 g/mol. The number of hydrogen-bond donors (Lipinski definition) is 0. The van der Waals surface area contributed by atoms with Crippen molar-refractivity contribution in [2.75, 3.05) is 0 Å². The second kappa shape index (κ2) is 10.7. The van der Waals surface area contributed by atoms with Gasteiger partial charge in [-0.15, -0.1) is 0 Å². The first-order chi connectivity index (χ1) is 5.66. The van der Waals surface area contributed by atoms with Crippen LogP contribution in [0.25, 0.3) is 0 Å². The molecule has 0 aromatic heterocycles. The molecule has 1 atom stereocenters. The Morgan fingerprint density at radius 2 is 1.83 bits per heavy atom. The summed E-state index contributed by atoms with van der Waals surface area (Å²) in [5.41, 5.74) is 0. The molecule has 0 aliphatic carbocycles. The summed E-state index contributed by atoms with van der Waals surface area (Å²) in [5.74, 6) is 0.918. The fourth-order valence-electron chi connectivity index (χ4n) is 1.15. The van der Waals surface area contributed by atoms with Gasteiger partial charge in [0.15, 0.2) is 0 Å². The molecule has 0 spiro atoms. The molecular weight excluding hydrogens is 148 g/mol. The molecule has 0 heterocycles. The average Bonchev–Trinajstić information content (AvgIpc) is 2.03. The van der Waals surface area contributed by atoms with Crippen molar-refractivity contribution < 1.29 is 4.79 Å². The SMILES string of the molecule is CC.CCCCC(C)CC(C)=O. The molecule has 0 aliphatic rings.